The molecule has 0 aromatic carbocycles. The van der Waals surface area contributed by atoms with E-state index in [4.69, 9.17) is 0 Å². The van der Waals surface area contributed by atoms with Crippen LogP contribution in [0.15, 0.2) is 0 Å². The predicted molar refractivity (Wildman–Crippen MR) is 103 cm³/mol. The molecule has 1 rings (SSSR count). The minimum Gasteiger partial charge on any atom is -0.393 e. The molecule has 0 aromatic heterocycles. The Morgan fingerprint density at radius 2 is 1.48 bits per heavy atom. The summed E-state index contributed by atoms with van der Waals surface area (Å²) in [7, 11) is 0. The number of hydrogen-bond acceptors (Lipinski definition) is 1. The van der Waals surface area contributed by atoms with Crippen molar-refractivity contribution in [1.82, 2.24) is 0 Å². The highest BCUT2D eigenvalue weighted by molar-refractivity contribution is 4.85. The van der Waals surface area contributed by atoms with Gasteiger partial charge in [0.05, 0.1) is 6.10 Å². The summed E-state index contributed by atoms with van der Waals surface area (Å²) in [4.78, 5) is 0. The molecule has 3 atom stereocenters. The Morgan fingerprint density at radius 3 is 1.87 bits per heavy atom. The summed E-state index contributed by atoms with van der Waals surface area (Å²) >= 11 is 0. The van der Waals surface area contributed by atoms with E-state index in [0.717, 1.165) is 17.8 Å². The molecule has 1 fully saturated rings. The van der Waals surface area contributed by atoms with Gasteiger partial charge in [0.25, 0.3) is 0 Å². The van der Waals surface area contributed by atoms with Crippen LogP contribution in [0.2, 0.25) is 0 Å². The van der Waals surface area contributed by atoms with Crippen LogP contribution in [0.5, 0.6) is 0 Å². The summed E-state index contributed by atoms with van der Waals surface area (Å²) in [6.07, 6.45) is 9.28. The number of hydrogen-bond donors (Lipinski definition) is 1. The molecule has 0 radical (unpaired) electrons. The first kappa shape index (κ1) is 21.0. The van der Waals surface area contributed by atoms with Crippen molar-refractivity contribution < 1.29 is 5.11 Å². The van der Waals surface area contributed by atoms with E-state index < -0.39 is 0 Å². The first-order valence-electron chi connectivity index (χ1n) is 10.1. The summed E-state index contributed by atoms with van der Waals surface area (Å²) < 4.78 is 0. The molecule has 138 valence electrons. The molecule has 0 amide bonds. The maximum atomic E-state index is 10.4. The van der Waals surface area contributed by atoms with Gasteiger partial charge in [0.15, 0.2) is 0 Å². The molecule has 1 aliphatic carbocycles. The standard InChI is InChI=1S/C22H44O/c1-16-9-11-18(12-10-16)19(13-14-21(3,4)5)15-20(17(2)23)22(6,7)8/h16-20,23H,9-15H2,1-8H3. The molecule has 0 aromatic rings. The van der Waals surface area contributed by atoms with Gasteiger partial charge in [-0.3, -0.25) is 0 Å². The van der Waals surface area contributed by atoms with Gasteiger partial charge in [-0.2, -0.15) is 0 Å². The molecule has 0 bridgehead atoms. The van der Waals surface area contributed by atoms with Crippen LogP contribution in [0.4, 0.5) is 0 Å². The SMILES string of the molecule is CC1CCC(C(CCC(C)(C)C)CC(C(C)O)C(C)(C)C)CC1. The highest BCUT2D eigenvalue weighted by atomic mass is 16.3. The monoisotopic (exact) mass is 324 g/mol. The quantitative estimate of drug-likeness (QED) is 0.577. The Bertz CT molecular complexity index is 323. The van der Waals surface area contributed by atoms with Gasteiger partial charge in [0.1, 0.15) is 0 Å². The lowest BCUT2D eigenvalue weighted by molar-refractivity contribution is 0.0238. The van der Waals surface area contributed by atoms with Crippen LogP contribution in [0.25, 0.3) is 0 Å². The Hall–Kier alpha value is -0.0400. The van der Waals surface area contributed by atoms with Gasteiger partial charge in [0, 0.05) is 0 Å². The highest BCUT2D eigenvalue weighted by Gasteiger charge is 2.35. The normalized spacial score (nSPS) is 27.5. The lowest BCUT2D eigenvalue weighted by Crippen LogP contribution is -2.34. The maximum absolute atomic E-state index is 10.4. The second-order valence-corrected chi connectivity index (χ2v) is 10.8. The van der Waals surface area contributed by atoms with Crippen molar-refractivity contribution in [2.75, 3.05) is 0 Å². The van der Waals surface area contributed by atoms with Gasteiger partial charge >= 0.3 is 0 Å². The van der Waals surface area contributed by atoms with Gasteiger partial charge in [-0.15, -0.1) is 0 Å². The summed E-state index contributed by atoms with van der Waals surface area (Å²) in [5.74, 6) is 3.01. The summed E-state index contributed by atoms with van der Waals surface area (Å²) in [6, 6.07) is 0. The summed E-state index contributed by atoms with van der Waals surface area (Å²) in [6.45, 7) is 18.4. The second kappa shape index (κ2) is 8.37. The highest BCUT2D eigenvalue weighted by Crippen LogP contribution is 2.43. The zero-order chi connectivity index (χ0) is 17.8. The van der Waals surface area contributed by atoms with E-state index in [1.165, 1.54) is 44.9 Å². The van der Waals surface area contributed by atoms with E-state index in [1.54, 1.807) is 0 Å². The maximum Gasteiger partial charge on any atom is 0.0545 e. The Labute approximate surface area is 146 Å². The molecule has 1 N–H and O–H groups in total. The second-order valence-electron chi connectivity index (χ2n) is 10.8. The van der Waals surface area contributed by atoms with E-state index in [2.05, 4.69) is 48.5 Å². The van der Waals surface area contributed by atoms with Crippen LogP contribution in [0.1, 0.15) is 100 Å². The smallest absolute Gasteiger partial charge is 0.0545 e. The largest absolute Gasteiger partial charge is 0.393 e. The number of rotatable bonds is 6. The molecule has 0 heterocycles. The molecule has 1 heteroatoms. The van der Waals surface area contributed by atoms with Crippen LogP contribution in [-0.2, 0) is 0 Å². The Morgan fingerprint density at radius 1 is 0.957 bits per heavy atom. The van der Waals surface area contributed by atoms with E-state index in [-0.39, 0.29) is 11.5 Å². The van der Waals surface area contributed by atoms with E-state index in [1.807, 2.05) is 6.92 Å². The van der Waals surface area contributed by atoms with E-state index in [0.29, 0.717) is 11.3 Å². The summed E-state index contributed by atoms with van der Waals surface area (Å²) in [5, 5.41) is 10.4. The van der Waals surface area contributed by atoms with Crippen molar-refractivity contribution in [1.29, 1.82) is 0 Å². The summed E-state index contributed by atoms with van der Waals surface area (Å²) in [5.41, 5.74) is 0.609. The predicted octanol–water partition coefficient (Wildman–Crippen LogP) is 6.69. The van der Waals surface area contributed by atoms with Crippen LogP contribution in [-0.4, -0.2) is 11.2 Å². The molecular formula is C22H44O. The zero-order valence-electron chi connectivity index (χ0n) is 17.3. The molecule has 1 aliphatic rings. The van der Waals surface area contributed by atoms with E-state index >= 15 is 0 Å². The third-order valence-electron chi connectivity index (χ3n) is 6.24. The lowest BCUT2D eigenvalue weighted by Gasteiger charge is -2.40. The molecule has 0 spiro atoms. The average Bonchev–Trinajstić information content (AvgIpc) is 2.37. The molecular weight excluding hydrogens is 280 g/mol. The fourth-order valence-corrected chi connectivity index (χ4v) is 4.52. The lowest BCUT2D eigenvalue weighted by atomic mass is 9.66. The molecule has 1 nitrogen and oxygen atoms in total. The minimum atomic E-state index is -0.199. The minimum absolute atomic E-state index is 0.191. The third-order valence-corrected chi connectivity index (χ3v) is 6.24. The van der Waals surface area contributed by atoms with Crippen molar-refractivity contribution in [2.24, 2.45) is 34.5 Å². The van der Waals surface area contributed by atoms with Crippen LogP contribution in [0.3, 0.4) is 0 Å². The van der Waals surface area contributed by atoms with Gasteiger partial charge in [0.2, 0.25) is 0 Å². The first-order valence-corrected chi connectivity index (χ1v) is 10.1. The van der Waals surface area contributed by atoms with Gasteiger partial charge in [-0.25, -0.2) is 0 Å². The van der Waals surface area contributed by atoms with Crippen LogP contribution >= 0.6 is 0 Å². The van der Waals surface area contributed by atoms with Gasteiger partial charge in [-0.05, 0) is 73.5 Å². The molecule has 3 unspecified atom stereocenters. The van der Waals surface area contributed by atoms with Crippen LogP contribution in [0, 0.1) is 34.5 Å². The fourth-order valence-electron chi connectivity index (χ4n) is 4.52. The number of aliphatic hydroxyl groups excluding tert-OH is 1. The van der Waals surface area contributed by atoms with E-state index in [9.17, 15) is 5.11 Å². The van der Waals surface area contributed by atoms with Crippen LogP contribution < -0.4 is 0 Å². The Kier molecular flexibility index (Phi) is 7.64. The molecule has 0 aliphatic heterocycles. The van der Waals surface area contributed by atoms with Crippen molar-refractivity contribution in [2.45, 2.75) is 106 Å². The average molecular weight is 325 g/mol. The molecule has 0 saturated heterocycles. The number of aliphatic hydroxyl groups is 1. The van der Waals surface area contributed by atoms with Gasteiger partial charge in [-0.1, -0.05) is 61.3 Å². The van der Waals surface area contributed by atoms with Crippen molar-refractivity contribution >= 4 is 0 Å². The first-order chi connectivity index (χ1) is 10.4. The van der Waals surface area contributed by atoms with Crippen molar-refractivity contribution in [3.05, 3.63) is 0 Å². The Balaban J connectivity index is 2.81. The fraction of sp³-hybridized carbons (Fsp3) is 1.00. The molecule has 1 saturated carbocycles. The van der Waals surface area contributed by atoms with Crippen molar-refractivity contribution in [3.8, 4) is 0 Å². The third kappa shape index (κ3) is 7.59. The zero-order valence-corrected chi connectivity index (χ0v) is 17.3. The van der Waals surface area contributed by atoms with Gasteiger partial charge < -0.3 is 5.11 Å². The topological polar surface area (TPSA) is 20.2 Å². The van der Waals surface area contributed by atoms with Crippen molar-refractivity contribution in [3.63, 3.8) is 0 Å². The molecule has 23 heavy (non-hydrogen) atoms.